The van der Waals surface area contributed by atoms with Gasteiger partial charge in [-0.25, -0.2) is 0 Å². The number of carbonyl (C=O) groups is 2. The third kappa shape index (κ3) is 3.17. The summed E-state index contributed by atoms with van der Waals surface area (Å²) in [6.45, 7) is 20.4. The Hall–Kier alpha value is -1.32. The van der Waals surface area contributed by atoms with Crippen LogP contribution in [-0.2, 0) is 14.3 Å². The Balaban J connectivity index is 1.52. The van der Waals surface area contributed by atoms with Crippen LogP contribution < -0.4 is 0 Å². The quantitative estimate of drug-likeness (QED) is 0.320. The van der Waals surface area contributed by atoms with E-state index in [9.17, 15) is 14.7 Å². The number of aliphatic carboxylic acids is 1. The summed E-state index contributed by atoms with van der Waals surface area (Å²) in [5, 5.41) is 10.5. The van der Waals surface area contributed by atoms with Gasteiger partial charge in [0.15, 0.2) is 0 Å². The van der Waals surface area contributed by atoms with E-state index < -0.39 is 11.4 Å². The number of fused-ring (bicyclic) bond motifs is 7. The van der Waals surface area contributed by atoms with Crippen LogP contribution in [0.5, 0.6) is 0 Å². The highest BCUT2D eigenvalue weighted by molar-refractivity contribution is 5.76. The standard InChI is InChI=1S/C32H50O4/c1-19(2)21-11-16-32(27(34)35)18-17-30(7)22(26(21)32)9-10-24-29(6)14-13-25(36-20(3)33)28(4,5)23(29)12-15-31(24,30)8/h21-26H,1,9-18H2,2-8H3,(H,34,35)/t21-,22+,23-,24+,25?,26+,29-,30+,31+,32-/m0/s1. The number of allylic oxidation sites excluding steroid dienone is 1. The number of carbonyl (C=O) groups excluding carboxylic acids is 1. The lowest BCUT2D eigenvalue weighted by Gasteiger charge is -2.72. The molecule has 5 aliphatic carbocycles. The first-order chi connectivity index (χ1) is 16.6. The molecule has 1 N–H and O–H groups in total. The van der Waals surface area contributed by atoms with Crippen LogP contribution in [0.1, 0.15) is 113 Å². The zero-order valence-electron chi connectivity index (χ0n) is 23.9. The van der Waals surface area contributed by atoms with E-state index in [2.05, 4.69) is 48.1 Å². The number of hydrogen-bond donors (Lipinski definition) is 1. The maximum atomic E-state index is 12.8. The Labute approximate surface area is 219 Å². The first-order valence-corrected chi connectivity index (χ1v) is 14.7. The number of carboxylic acid groups (broad SMARTS) is 1. The highest BCUT2D eigenvalue weighted by Gasteiger charge is 2.72. The van der Waals surface area contributed by atoms with Crippen LogP contribution in [0.25, 0.3) is 0 Å². The van der Waals surface area contributed by atoms with Crippen LogP contribution >= 0.6 is 0 Å². The highest BCUT2D eigenvalue weighted by Crippen LogP contribution is 2.77. The number of hydrogen-bond acceptors (Lipinski definition) is 3. The van der Waals surface area contributed by atoms with Crippen molar-refractivity contribution in [2.24, 2.45) is 56.7 Å². The molecular formula is C32H50O4. The second-order valence-electron chi connectivity index (χ2n) is 15.1. The predicted molar refractivity (Wildman–Crippen MR) is 142 cm³/mol. The molecular weight excluding hydrogens is 448 g/mol. The topological polar surface area (TPSA) is 63.6 Å². The largest absolute Gasteiger partial charge is 0.481 e. The average Bonchev–Trinajstić information content (AvgIpc) is 3.17. The Bertz CT molecular complexity index is 967. The summed E-state index contributed by atoms with van der Waals surface area (Å²) in [5.74, 6) is 1.49. The number of carboxylic acids is 1. The minimum absolute atomic E-state index is 0.00466. The van der Waals surface area contributed by atoms with Gasteiger partial charge in [0.05, 0.1) is 5.41 Å². The van der Waals surface area contributed by atoms with E-state index in [-0.39, 0.29) is 39.7 Å². The first-order valence-electron chi connectivity index (χ1n) is 14.7. The molecule has 0 bridgehead atoms. The van der Waals surface area contributed by atoms with Crippen LogP contribution in [0.3, 0.4) is 0 Å². The van der Waals surface area contributed by atoms with E-state index in [4.69, 9.17) is 4.74 Å². The molecule has 5 rings (SSSR count). The van der Waals surface area contributed by atoms with Gasteiger partial charge < -0.3 is 9.84 Å². The molecule has 4 nitrogen and oxygen atoms in total. The Morgan fingerprint density at radius 3 is 2.11 bits per heavy atom. The summed E-state index contributed by atoms with van der Waals surface area (Å²) < 4.78 is 5.88. The summed E-state index contributed by atoms with van der Waals surface area (Å²) in [7, 11) is 0. The molecule has 0 spiro atoms. The molecule has 5 aliphatic rings. The Morgan fingerprint density at radius 2 is 1.50 bits per heavy atom. The van der Waals surface area contributed by atoms with Gasteiger partial charge in [0.25, 0.3) is 0 Å². The Kier molecular flexibility index (Phi) is 5.91. The smallest absolute Gasteiger partial charge is 0.309 e. The normalized spacial score (nSPS) is 51.2. The van der Waals surface area contributed by atoms with Crippen molar-refractivity contribution in [1.82, 2.24) is 0 Å². The third-order valence-corrected chi connectivity index (χ3v) is 13.7. The van der Waals surface area contributed by atoms with E-state index in [1.54, 1.807) is 6.92 Å². The molecule has 0 amide bonds. The van der Waals surface area contributed by atoms with Crippen molar-refractivity contribution in [3.63, 3.8) is 0 Å². The first kappa shape index (κ1) is 26.3. The SMILES string of the molecule is C=C(C)[C@@H]1CC[C@]2(C(=O)O)CC[C@]3(C)[C@H](CC[C@@H]4[C@@]5(C)CCC(OC(C)=O)C(C)(C)[C@@H]5CC[C@]43C)[C@@H]12. The van der Waals surface area contributed by atoms with Crippen molar-refractivity contribution in [2.75, 3.05) is 0 Å². The minimum atomic E-state index is -0.553. The second-order valence-corrected chi connectivity index (χ2v) is 15.1. The van der Waals surface area contributed by atoms with Gasteiger partial charge in [-0.15, -0.1) is 0 Å². The molecule has 0 aromatic carbocycles. The maximum Gasteiger partial charge on any atom is 0.309 e. The fourth-order valence-corrected chi connectivity index (χ4v) is 11.9. The van der Waals surface area contributed by atoms with Crippen LogP contribution in [-0.4, -0.2) is 23.1 Å². The fraction of sp³-hybridized carbons (Fsp3) is 0.875. The van der Waals surface area contributed by atoms with Gasteiger partial charge in [0.1, 0.15) is 6.10 Å². The van der Waals surface area contributed by atoms with E-state index in [0.717, 1.165) is 44.9 Å². The summed E-state index contributed by atoms with van der Waals surface area (Å²) in [6, 6.07) is 0. The van der Waals surface area contributed by atoms with Crippen molar-refractivity contribution < 1.29 is 19.4 Å². The molecule has 4 heteroatoms. The average molecular weight is 499 g/mol. The molecule has 0 aromatic rings. The van der Waals surface area contributed by atoms with Gasteiger partial charge in [-0.05, 0) is 117 Å². The highest BCUT2D eigenvalue weighted by atomic mass is 16.5. The number of rotatable bonds is 3. The van der Waals surface area contributed by atoms with E-state index in [0.29, 0.717) is 23.7 Å². The third-order valence-electron chi connectivity index (χ3n) is 13.7. The molecule has 0 aromatic heterocycles. The number of ether oxygens (including phenoxy) is 1. The van der Waals surface area contributed by atoms with Gasteiger partial charge in [-0.2, -0.15) is 0 Å². The lowest BCUT2D eigenvalue weighted by molar-refractivity contribution is -0.250. The second kappa shape index (κ2) is 8.09. The van der Waals surface area contributed by atoms with Gasteiger partial charge in [0, 0.05) is 12.3 Å². The minimum Gasteiger partial charge on any atom is -0.481 e. The van der Waals surface area contributed by atoms with Gasteiger partial charge in [-0.3, -0.25) is 9.59 Å². The van der Waals surface area contributed by atoms with Gasteiger partial charge in [0.2, 0.25) is 0 Å². The van der Waals surface area contributed by atoms with Crippen molar-refractivity contribution in [3.8, 4) is 0 Å². The van der Waals surface area contributed by atoms with Crippen molar-refractivity contribution in [1.29, 1.82) is 0 Å². The molecule has 0 saturated heterocycles. The van der Waals surface area contributed by atoms with Crippen molar-refractivity contribution in [3.05, 3.63) is 12.2 Å². The maximum absolute atomic E-state index is 12.8. The van der Waals surface area contributed by atoms with E-state index >= 15 is 0 Å². The molecule has 5 fully saturated rings. The summed E-state index contributed by atoms with van der Waals surface area (Å²) in [4.78, 5) is 24.7. The van der Waals surface area contributed by atoms with Gasteiger partial charge >= 0.3 is 11.9 Å². The van der Waals surface area contributed by atoms with Crippen LogP contribution in [0.4, 0.5) is 0 Å². The van der Waals surface area contributed by atoms with E-state index in [1.165, 1.54) is 24.8 Å². The molecule has 0 aliphatic heterocycles. The Morgan fingerprint density at radius 1 is 0.806 bits per heavy atom. The zero-order chi connectivity index (χ0) is 26.5. The lowest BCUT2D eigenvalue weighted by Crippen LogP contribution is -2.67. The van der Waals surface area contributed by atoms with Crippen LogP contribution in [0, 0.1) is 56.7 Å². The summed E-state index contributed by atoms with van der Waals surface area (Å²) in [5.41, 5.74) is 1.20. The summed E-state index contributed by atoms with van der Waals surface area (Å²) in [6.07, 6.45) is 10.5. The molecule has 10 atom stereocenters. The van der Waals surface area contributed by atoms with Crippen LogP contribution in [0.15, 0.2) is 12.2 Å². The van der Waals surface area contributed by atoms with Crippen molar-refractivity contribution in [2.45, 2.75) is 119 Å². The molecule has 0 radical (unpaired) electrons. The monoisotopic (exact) mass is 498 g/mol. The molecule has 0 heterocycles. The van der Waals surface area contributed by atoms with Crippen molar-refractivity contribution >= 4 is 11.9 Å². The molecule has 36 heavy (non-hydrogen) atoms. The van der Waals surface area contributed by atoms with E-state index in [1.807, 2.05) is 0 Å². The lowest BCUT2D eigenvalue weighted by atomic mass is 9.32. The van der Waals surface area contributed by atoms with Crippen LogP contribution in [0.2, 0.25) is 0 Å². The molecule has 1 unspecified atom stereocenters. The zero-order valence-corrected chi connectivity index (χ0v) is 23.9. The summed E-state index contributed by atoms with van der Waals surface area (Å²) >= 11 is 0. The van der Waals surface area contributed by atoms with Gasteiger partial charge in [-0.1, -0.05) is 46.8 Å². The molecule has 202 valence electrons. The number of esters is 1. The predicted octanol–water partition coefficient (Wildman–Crippen LogP) is 7.66. The fourth-order valence-electron chi connectivity index (χ4n) is 11.9. The molecule has 5 saturated carbocycles.